The van der Waals surface area contributed by atoms with Crippen LogP contribution in [0.3, 0.4) is 0 Å². The molecule has 1 unspecified atom stereocenters. The monoisotopic (exact) mass is 172 g/mol. The van der Waals surface area contributed by atoms with Crippen LogP contribution >= 0.6 is 0 Å². The zero-order valence-corrected chi connectivity index (χ0v) is 7.86. The van der Waals surface area contributed by atoms with Crippen molar-refractivity contribution < 1.29 is 9.47 Å². The average Bonchev–Trinajstić information content (AvgIpc) is 2.47. The Balaban J connectivity index is 2.39. The molecule has 0 amide bonds. The first kappa shape index (κ1) is 9.35. The Kier molecular flexibility index (Phi) is 3.37. The van der Waals surface area contributed by atoms with Gasteiger partial charge in [-0.1, -0.05) is 0 Å². The molecule has 1 atom stereocenters. The summed E-state index contributed by atoms with van der Waals surface area (Å²) in [6, 6.07) is 0. The van der Waals surface area contributed by atoms with E-state index >= 15 is 0 Å². The normalized spacial score (nSPS) is 18.9. The van der Waals surface area contributed by atoms with Gasteiger partial charge in [-0.15, -0.1) is 0 Å². The highest BCUT2D eigenvalue weighted by Crippen LogP contribution is 2.10. The molecule has 0 aromatic carbocycles. The van der Waals surface area contributed by atoms with Crippen LogP contribution in [-0.4, -0.2) is 43.6 Å². The Hall–Kier alpha value is -0.740. The fourth-order valence-electron chi connectivity index (χ4n) is 1.13. The minimum atomic E-state index is -0.254. The van der Waals surface area contributed by atoms with Gasteiger partial charge in [0.05, 0.1) is 6.67 Å². The quantitative estimate of drug-likeness (QED) is 0.581. The predicted molar refractivity (Wildman–Crippen MR) is 46.0 cm³/mol. The third-order valence-corrected chi connectivity index (χ3v) is 1.68. The molecule has 4 heteroatoms. The third-order valence-electron chi connectivity index (χ3n) is 1.68. The molecule has 1 heterocycles. The van der Waals surface area contributed by atoms with Crippen molar-refractivity contribution in [3.8, 4) is 0 Å². The Labute approximate surface area is 73.3 Å². The number of ether oxygens (including phenoxy) is 2. The highest BCUT2D eigenvalue weighted by molar-refractivity contribution is 4.88. The summed E-state index contributed by atoms with van der Waals surface area (Å²) >= 11 is 0. The lowest BCUT2D eigenvalue weighted by atomic mass is 10.7. The van der Waals surface area contributed by atoms with Gasteiger partial charge in [0.1, 0.15) is 0 Å². The van der Waals surface area contributed by atoms with Gasteiger partial charge in [-0.3, -0.25) is 0 Å². The minimum absolute atomic E-state index is 0.254. The Morgan fingerprint density at radius 2 is 2.25 bits per heavy atom. The van der Waals surface area contributed by atoms with Gasteiger partial charge in [-0.2, -0.15) is 0 Å². The largest absolute Gasteiger partial charge is 0.361 e. The molecule has 0 aromatic rings. The van der Waals surface area contributed by atoms with E-state index in [2.05, 4.69) is 4.90 Å². The number of rotatable bonds is 4. The molecule has 70 valence electrons. The van der Waals surface area contributed by atoms with Gasteiger partial charge in [-0.25, -0.2) is 0 Å². The Bertz CT molecular complexity index is 161. The first-order valence-corrected chi connectivity index (χ1v) is 4.06. The number of methoxy groups -OCH3 is 1. The highest BCUT2D eigenvalue weighted by atomic mass is 16.7. The first-order valence-electron chi connectivity index (χ1n) is 4.06. The van der Waals surface area contributed by atoms with E-state index in [1.165, 1.54) is 0 Å². The van der Waals surface area contributed by atoms with E-state index in [9.17, 15) is 0 Å². The van der Waals surface area contributed by atoms with Crippen LogP contribution in [0.2, 0.25) is 0 Å². The van der Waals surface area contributed by atoms with Gasteiger partial charge in [0.15, 0.2) is 0 Å². The number of nitrogens with zero attached hydrogens (tertiary/aromatic N) is 2. The standard InChI is InChI=1S/C8H16N2O2/c1-4-12-8(11-3)10-6-5-9(2)7-10/h5-6,8H,4,7H2,1-3H3. The van der Waals surface area contributed by atoms with Crippen molar-refractivity contribution in [2.24, 2.45) is 0 Å². The summed E-state index contributed by atoms with van der Waals surface area (Å²) in [5.74, 6) is 0. The summed E-state index contributed by atoms with van der Waals surface area (Å²) < 4.78 is 10.5. The van der Waals surface area contributed by atoms with E-state index in [1.807, 2.05) is 31.3 Å². The zero-order valence-electron chi connectivity index (χ0n) is 7.86. The highest BCUT2D eigenvalue weighted by Gasteiger charge is 2.18. The minimum Gasteiger partial charge on any atom is -0.361 e. The summed E-state index contributed by atoms with van der Waals surface area (Å²) in [4.78, 5) is 4.05. The van der Waals surface area contributed by atoms with Gasteiger partial charge in [-0.05, 0) is 6.92 Å². The lowest BCUT2D eigenvalue weighted by Crippen LogP contribution is -2.36. The van der Waals surface area contributed by atoms with Gasteiger partial charge in [0.25, 0.3) is 0 Å². The van der Waals surface area contributed by atoms with E-state index < -0.39 is 0 Å². The van der Waals surface area contributed by atoms with Crippen molar-refractivity contribution in [1.82, 2.24) is 9.80 Å². The van der Waals surface area contributed by atoms with Gasteiger partial charge in [0.2, 0.25) is 6.41 Å². The number of hydrogen-bond donors (Lipinski definition) is 0. The van der Waals surface area contributed by atoms with Crippen LogP contribution in [-0.2, 0) is 9.47 Å². The van der Waals surface area contributed by atoms with Crippen LogP contribution in [0.5, 0.6) is 0 Å². The molecule has 0 aliphatic carbocycles. The van der Waals surface area contributed by atoms with Crippen LogP contribution in [0.25, 0.3) is 0 Å². The SMILES string of the molecule is CCOC(OC)N1C=CN(C)C1. The van der Waals surface area contributed by atoms with Crippen LogP contribution in [0.4, 0.5) is 0 Å². The summed E-state index contributed by atoms with van der Waals surface area (Å²) in [6.45, 7) is 3.43. The second-order valence-corrected chi connectivity index (χ2v) is 2.71. The van der Waals surface area contributed by atoms with Gasteiger partial charge >= 0.3 is 0 Å². The van der Waals surface area contributed by atoms with Crippen molar-refractivity contribution >= 4 is 0 Å². The van der Waals surface area contributed by atoms with E-state index in [-0.39, 0.29) is 6.41 Å². The Morgan fingerprint density at radius 1 is 1.50 bits per heavy atom. The van der Waals surface area contributed by atoms with Crippen molar-refractivity contribution in [2.45, 2.75) is 13.3 Å². The van der Waals surface area contributed by atoms with E-state index in [1.54, 1.807) is 7.11 Å². The molecule has 1 rings (SSSR count). The smallest absolute Gasteiger partial charge is 0.241 e. The molecule has 0 radical (unpaired) electrons. The molecular formula is C8H16N2O2. The number of hydrogen-bond acceptors (Lipinski definition) is 4. The van der Waals surface area contributed by atoms with Crippen molar-refractivity contribution in [3.05, 3.63) is 12.4 Å². The molecule has 0 N–H and O–H groups in total. The lowest BCUT2D eigenvalue weighted by molar-refractivity contribution is -0.195. The van der Waals surface area contributed by atoms with Crippen LogP contribution in [0, 0.1) is 0 Å². The summed E-state index contributed by atoms with van der Waals surface area (Å²) in [5, 5.41) is 0. The molecule has 1 aliphatic heterocycles. The van der Waals surface area contributed by atoms with E-state index in [0.717, 1.165) is 6.67 Å². The Morgan fingerprint density at radius 3 is 2.67 bits per heavy atom. The second-order valence-electron chi connectivity index (χ2n) is 2.71. The maximum absolute atomic E-state index is 5.35. The van der Waals surface area contributed by atoms with Crippen LogP contribution in [0.1, 0.15) is 6.92 Å². The van der Waals surface area contributed by atoms with Gasteiger partial charge < -0.3 is 19.3 Å². The summed E-state index contributed by atoms with van der Waals surface area (Å²) in [6.07, 6.45) is 3.70. The van der Waals surface area contributed by atoms with Crippen molar-refractivity contribution in [1.29, 1.82) is 0 Å². The zero-order chi connectivity index (χ0) is 8.97. The first-order chi connectivity index (χ1) is 5.77. The molecule has 0 fully saturated rings. The fraction of sp³-hybridized carbons (Fsp3) is 0.750. The van der Waals surface area contributed by atoms with E-state index in [0.29, 0.717) is 6.61 Å². The molecule has 0 spiro atoms. The second kappa shape index (κ2) is 4.33. The molecule has 0 aromatic heterocycles. The lowest BCUT2D eigenvalue weighted by Gasteiger charge is -2.26. The topological polar surface area (TPSA) is 24.9 Å². The predicted octanol–water partition coefficient (Wildman–Crippen LogP) is 0.629. The molecule has 0 saturated heterocycles. The maximum Gasteiger partial charge on any atom is 0.241 e. The summed E-state index contributed by atoms with van der Waals surface area (Å²) in [5.41, 5.74) is 0. The molecule has 12 heavy (non-hydrogen) atoms. The molecule has 4 nitrogen and oxygen atoms in total. The molecular weight excluding hydrogens is 156 g/mol. The van der Waals surface area contributed by atoms with Crippen molar-refractivity contribution in [2.75, 3.05) is 27.4 Å². The third kappa shape index (κ3) is 2.12. The molecule has 0 saturated carbocycles. The van der Waals surface area contributed by atoms with Crippen molar-refractivity contribution in [3.63, 3.8) is 0 Å². The average molecular weight is 172 g/mol. The fourth-order valence-corrected chi connectivity index (χ4v) is 1.13. The molecule has 0 bridgehead atoms. The maximum atomic E-state index is 5.35. The molecule has 1 aliphatic rings. The summed E-state index contributed by atoms with van der Waals surface area (Å²) in [7, 11) is 3.65. The van der Waals surface area contributed by atoms with Crippen LogP contribution < -0.4 is 0 Å². The van der Waals surface area contributed by atoms with Gasteiger partial charge in [0, 0.05) is 33.2 Å². The van der Waals surface area contributed by atoms with Crippen LogP contribution in [0.15, 0.2) is 12.4 Å². The van der Waals surface area contributed by atoms with E-state index in [4.69, 9.17) is 9.47 Å².